The number of esters is 1. The van der Waals surface area contributed by atoms with Gasteiger partial charge < -0.3 is 14.9 Å². The molecule has 2 aliphatic rings. The molecule has 2 saturated carbocycles. The summed E-state index contributed by atoms with van der Waals surface area (Å²) >= 11 is 0. The molecule has 2 aromatic carbocycles. The summed E-state index contributed by atoms with van der Waals surface area (Å²) in [5.41, 5.74) is 2.30. The van der Waals surface area contributed by atoms with Crippen molar-refractivity contribution in [1.29, 1.82) is 0 Å². The van der Waals surface area contributed by atoms with Crippen LogP contribution >= 0.6 is 0 Å². The Kier molecular flexibility index (Phi) is 6.44. The Labute approximate surface area is 188 Å². The first-order chi connectivity index (χ1) is 15.3. The van der Waals surface area contributed by atoms with Gasteiger partial charge in [0.25, 0.3) is 10.0 Å². The van der Waals surface area contributed by atoms with E-state index in [1.54, 1.807) is 6.07 Å². The van der Waals surface area contributed by atoms with Gasteiger partial charge in [-0.25, -0.2) is 13.2 Å². The predicted molar refractivity (Wildman–Crippen MR) is 120 cm³/mol. The Morgan fingerprint density at radius 2 is 1.91 bits per heavy atom. The first kappa shape index (κ1) is 22.6. The predicted octanol–water partition coefficient (Wildman–Crippen LogP) is 3.95. The van der Waals surface area contributed by atoms with Crippen molar-refractivity contribution in [2.75, 3.05) is 11.8 Å². The van der Waals surface area contributed by atoms with Crippen LogP contribution in [0.4, 0.5) is 5.69 Å². The van der Waals surface area contributed by atoms with Crippen molar-refractivity contribution in [3.8, 4) is 5.75 Å². The van der Waals surface area contributed by atoms with Crippen LogP contribution in [0, 0.1) is 5.92 Å². The van der Waals surface area contributed by atoms with Crippen molar-refractivity contribution in [1.82, 2.24) is 0 Å². The molecule has 0 bridgehead atoms. The molecular formula is C24H29NO6S. The number of aliphatic hydroxyl groups is 1. The summed E-state index contributed by atoms with van der Waals surface area (Å²) in [4.78, 5) is 11.7. The lowest BCUT2D eigenvalue weighted by Crippen LogP contribution is -2.17. The van der Waals surface area contributed by atoms with Crippen LogP contribution in [0.5, 0.6) is 5.75 Å². The number of nitrogens with one attached hydrogen (secondary N) is 1. The second-order valence-corrected chi connectivity index (χ2v) is 10.4. The number of phenolic OH excluding ortho intramolecular Hbond substituents is 1. The lowest BCUT2D eigenvalue weighted by Gasteiger charge is -2.27. The number of aromatic hydroxyl groups is 1. The number of ether oxygens (including phenoxy) is 1. The Bertz CT molecular complexity index is 1110. The molecule has 0 aromatic heterocycles. The van der Waals surface area contributed by atoms with Crippen LogP contribution in [0.3, 0.4) is 0 Å². The third-order valence-electron chi connectivity index (χ3n) is 6.51. The SMILES string of the molecule is COC(=O)c1cc(S(=O)(=O)Nc2ccc(C3CCC3)cc2CC[C@@H](O)C2CC2)ccc1O. The third kappa shape index (κ3) is 4.91. The Morgan fingerprint density at radius 3 is 2.53 bits per heavy atom. The highest BCUT2D eigenvalue weighted by Crippen LogP contribution is 2.39. The molecular weight excluding hydrogens is 430 g/mol. The number of sulfonamides is 1. The maximum Gasteiger partial charge on any atom is 0.341 e. The molecule has 8 heteroatoms. The summed E-state index contributed by atoms with van der Waals surface area (Å²) in [5.74, 6) is -0.305. The van der Waals surface area contributed by atoms with E-state index in [0.717, 1.165) is 50.5 Å². The molecule has 2 aliphatic carbocycles. The molecule has 4 rings (SSSR count). The normalized spacial score (nSPS) is 17.4. The van der Waals surface area contributed by atoms with Crippen molar-refractivity contribution in [3.63, 3.8) is 0 Å². The summed E-state index contributed by atoms with van der Waals surface area (Å²) in [5, 5.41) is 20.2. The summed E-state index contributed by atoms with van der Waals surface area (Å²) in [7, 11) is -2.86. The molecule has 32 heavy (non-hydrogen) atoms. The molecule has 0 unspecified atom stereocenters. The van der Waals surface area contributed by atoms with E-state index < -0.39 is 16.0 Å². The van der Waals surface area contributed by atoms with Crippen LogP contribution < -0.4 is 4.72 Å². The van der Waals surface area contributed by atoms with Gasteiger partial charge in [0.1, 0.15) is 11.3 Å². The largest absolute Gasteiger partial charge is 0.507 e. The van der Waals surface area contributed by atoms with E-state index >= 15 is 0 Å². The number of aliphatic hydroxyl groups excluding tert-OH is 1. The van der Waals surface area contributed by atoms with E-state index in [9.17, 15) is 23.4 Å². The number of hydrogen-bond acceptors (Lipinski definition) is 6. The smallest absolute Gasteiger partial charge is 0.341 e. The van der Waals surface area contributed by atoms with Gasteiger partial charge in [0, 0.05) is 0 Å². The fourth-order valence-corrected chi connectivity index (χ4v) is 5.22. The number of carbonyl (C=O) groups is 1. The first-order valence-electron chi connectivity index (χ1n) is 11.0. The first-order valence-corrected chi connectivity index (χ1v) is 12.5. The standard InChI is InChI=1S/C24H29NO6S/c1-31-24(28)20-14-19(9-12-23(20)27)32(29,30)25-21-10-7-17(15-3-2-4-15)13-18(21)8-11-22(26)16-5-6-16/h7,9-10,12-16,22,25-27H,2-6,8,11H2,1H3/t22-/m1/s1. The zero-order chi connectivity index (χ0) is 22.9. The molecule has 172 valence electrons. The Morgan fingerprint density at radius 1 is 1.16 bits per heavy atom. The van der Waals surface area contributed by atoms with Crippen molar-refractivity contribution in [2.45, 2.75) is 61.9 Å². The van der Waals surface area contributed by atoms with Gasteiger partial charge in [-0.3, -0.25) is 4.72 Å². The minimum atomic E-state index is -4.02. The summed E-state index contributed by atoms with van der Waals surface area (Å²) in [6, 6.07) is 9.29. The third-order valence-corrected chi connectivity index (χ3v) is 7.87. The summed E-state index contributed by atoms with van der Waals surface area (Å²) < 4.78 is 33.4. The van der Waals surface area contributed by atoms with Crippen LogP contribution in [-0.2, 0) is 21.2 Å². The second-order valence-electron chi connectivity index (χ2n) is 8.76. The summed E-state index contributed by atoms with van der Waals surface area (Å²) in [6.45, 7) is 0. The van der Waals surface area contributed by atoms with Crippen molar-refractivity contribution >= 4 is 21.7 Å². The van der Waals surface area contributed by atoms with Crippen molar-refractivity contribution in [2.24, 2.45) is 5.92 Å². The van der Waals surface area contributed by atoms with Gasteiger partial charge in [-0.05, 0) is 85.8 Å². The number of phenols is 1. The highest BCUT2D eigenvalue weighted by molar-refractivity contribution is 7.92. The van der Waals surface area contributed by atoms with E-state index in [1.165, 1.54) is 18.1 Å². The van der Waals surface area contributed by atoms with Gasteiger partial charge in [-0.2, -0.15) is 0 Å². The number of hydrogen-bond donors (Lipinski definition) is 3. The molecule has 7 nitrogen and oxygen atoms in total. The van der Waals surface area contributed by atoms with Gasteiger partial charge in [0.2, 0.25) is 0 Å². The molecule has 0 aliphatic heterocycles. The van der Waals surface area contributed by atoms with Gasteiger partial charge in [0.15, 0.2) is 0 Å². The Hall–Kier alpha value is -2.58. The zero-order valence-electron chi connectivity index (χ0n) is 18.1. The highest BCUT2D eigenvalue weighted by Gasteiger charge is 2.30. The van der Waals surface area contributed by atoms with Gasteiger partial charge >= 0.3 is 5.97 Å². The second kappa shape index (κ2) is 9.11. The van der Waals surface area contributed by atoms with Crippen LogP contribution in [0.1, 0.15) is 65.9 Å². The van der Waals surface area contributed by atoms with E-state index in [2.05, 4.69) is 15.5 Å². The van der Waals surface area contributed by atoms with E-state index in [4.69, 9.17) is 0 Å². The fourth-order valence-electron chi connectivity index (χ4n) is 4.10. The number of aryl methyl sites for hydroxylation is 1. The van der Waals surface area contributed by atoms with Gasteiger partial charge in [0.05, 0.1) is 23.8 Å². The molecule has 1 atom stereocenters. The van der Waals surface area contributed by atoms with E-state index in [-0.39, 0.29) is 22.3 Å². The van der Waals surface area contributed by atoms with Crippen LogP contribution in [0.2, 0.25) is 0 Å². The fraction of sp³-hybridized carbons (Fsp3) is 0.458. The molecule has 0 spiro atoms. The molecule has 0 amide bonds. The Balaban J connectivity index is 1.60. The van der Waals surface area contributed by atoms with Crippen molar-refractivity contribution < 1.29 is 28.2 Å². The van der Waals surface area contributed by atoms with Gasteiger partial charge in [-0.1, -0.05) is 18.6 Å². The molecule has 2 fully saturated rings. The summed E-state index contributed by atoms with van der Waals surface area (Å²) in [6.07, 6.45) is 6.36. The molecule has 3 N–H and O–H groups in total. The maximum absolute atomic E-state index is 13.1. The highest BCUT2D eigenvalue weighted by atomic mass is 32.2. The lowest BCUT2D eigenvalue weighted by atomic mass is 9.79. The molecule has 2 aromatic rings. The average Bonchev–Trinajstić information content (AvgIpc) is 3.57. The quantitative estimate of drug-likeness (QED) is 0.490. The van der Waals surface area contributed by atoms with Crippen LogP contribution in [-0.4, -0.2) is 37.8 Å². The van der Waals surface area contributed by atoms with E-state index in [0.29, 0.717) is 30.4 Å². The van der Waals surface area contributed by atoms with Crippen molar-refractivity contribution in [3.05, 3.63) is 53.1 Å². The molecule has 0 saturated heterocycles. The average molecular weight is 460 g/mol. The minimum Gasteiger partial charge on any atom is -0.507 e. The minimum absolute atomic E-state index is 0.150. The van der Waals surface area contributed by atoms with Crippen LogP contribution in [0.15, 0.2) is 41.3 Å². The van der Waals surface area contributed by atoms with Crippen LogP contribution in [0.25, 0.3) is 0 Å². The number of methoxy groups -OCH3 is 1. The van der Waals surface area contributed by atoms with Gasteiger partial charge in [-0.15, -0.1) is 0 Å². The zero-order valence-corrected chi connectivity index (χ0v) is 18.9. The number of carbonyl (C=O) groups excluding carboxylic acids is 1. The van der Waals surface area contributed by atoms with E-state index in [1.807, 2.05) is 6.07 Å². The number of anilines is 1. The maximum atomic E-state index is 13.1. The molecule has 0 heterocycles. The number of rotatable bonds is 9. The monoisotopic (exact) mass is 459 g/mol. The number of benzene rings is 2. The molecule has 0 radical (unpaired) electrons. The topological polar surface area (TPSA) is 113 Å². The lowest BCUT2D eigenvalue weighted by molar-refractivity contribution is 0.0597.